The van der Waals surface area contributed by atoms with Crippen LogP contribution in [0.15, 0.2) is 24.4 Å². The van der Waals surface area contributed by atoms with Gasteiger partial charge in [0.1, 0.15) is 6.61 Å². The summed E-state index contributed by atoms with van der Waals surface area (Å²) in [7, 11) is 3.42. The average molecular weight is 399 g/mol. The highest BCUT2D eigenvalue weighted by atomic mass is 16.5. The quantitative estimate of drug-likeness (QED) is 0.547. The normalized spacial score (nSPS) is 10.9. The lowest BCUT2D eigenvalue weighted by atomic mass is 10.2. The maximum Gasteiger partial charge on any atom is 0.258 e. The summed E-state index contributed by atoms with van der Waals surface area (Å²) in [6, 6.07) is 5.57. The van der Waals surface area contributed by atoms with Crippen LogP contribution in [0.2, 0.25) is 0 Å². The van der Waals surface area contributed by atoms with Crippen molar-refractivity contribution in [3.8, 4) is 11.8 Å². The standard InChI is InChI=1S/C20H25N5O4/c1-13-9-14(2)23-19-18(13)20(24-25(19)3)29-12-16(26)21-10-15-5-6-17(22-11-15)28-8-7-27-4/h5-6,9,11H,7-8,10,12H2,1-4H3,(H,21,26). The van der Waals surface area contributed by atoms with Crippen LogP contribution in [0.5, 0.6) is 11.8 Å². The van der Waals surface area contributed by atoms with Gasteiger partial charge in [0.15, 0.2) is 12.3 Å². The van der Waals surface area contributed by atoms with E-state index >= 15 is 0 Å². The SMILES string of the molecule is COCCOc1ccc(CNC(=O)COc2nn(C)c3nc(C)cc(C)c23)cn1. The average Bonchev–Trinajstić information content (AvgIpc) is 3.02. The molecule has 3 heterocycles. The van der Waals surface area contributed by atoms with Crippen LogP contribution in [0.25, 0.3) is 11.0 Å². The first-order chi connectivity index (χ1) is 14.0. The fourth-order valence-electron chi connectivity index (χ4n) is 2.87. The minimum atomic E-state index is -0.248. The number of carbonyl (C=O) groups excluding carboxylic acids is 1. The molecule has 0 atom stereocenters. The summed E-state index contributed by atoms with van der Waals surface area (Å²) in [6.45, 7) is 5.05. The number of hydrogen-bond donors (Lipinski definition) is 1. The Balaban J connectivity index is 1.52. The van der Waals surface area contributed by atoms with Crippen molar-refractivity contribution in [1.29, 1.82) is 0 Å². The molecule has 0 unspecified atom stereocenters. The van der Waals surface area contributed by atoms with Crippen molar-refractivity contribution in [1.82, 2.24) is 25.1 Å². The van der Waals surface area contributed by atoms with E-state index in [9.17, 15) is 4.79 Å². The number of amides is 1. The number of carbonyl (C=O) groups is 1. The lowest BCUT2D eigenvalue weighted by Crippen LogP contribution is -2.28. The molecule has 3 aromatic rings. The van der Waals surface area contributed by atoms with E-state index < -0.39 is 0 Å². The number of fused-ring (bicyclic) bond motifs is 1. The van der Waals surface area contributed by atoms with Gasteiger partial charge in [-0.3, -0.25) is 4.79 Å². The molecule has 1 N–H and O–H groups in total. The van der Waals surface area contributed by atoms with E-state index in [1.807, 2.05) is 26.0 Å². The number of hydrogen-bond acceptors (Lipinski definition) is 7. The predicted octanol–water partition coefficient (Wildman–Crippen LogP) is 1.70. The third-order valence-electron chi connectivity index (χ3n) is 4.25. The molecule has 0 bridgehead atoms. The fraction of sp³-hybridized carbons (Fsp3) is 0.400. The number of pyridine rings is 2. The molecular formula is C20H25N5O4. The number of aromatic nitrogens is 4. The summed E-state index contributed by atoms with van der Waals surface area (Å²) >= 11 is 0. The maximum atomic E-state index is 12.2. The minimum absolute atomic E-state index is 0.134. The van der Waals surface area contributed by atoms with Crippen molar-refractivity contribution in [3.05, 3.63) is 41.2 Å². The van der Waals surface area contributed by atoms with Gasteiger partial charge in [0.05, 0.1) is 12.0 Å². The van der Waals surface area contributed by atoms with E-state index in [0.717, 1.165) is 27.9 Å². The van der Waals surface area contributed by atoms with Crippen LogP contribution in [0.1, 0.15) is 16.8 Å². The van der Waals surface area contributed by atoms with Gasteiger partial charge in [-0.05, 0) is 31.0 Å². The molecule has 9 nitrogen and oxygen atoms in total. The van der Waals surface area contributed by atoms with E-state index in [-0.39, 0.29) is 12.5 Å². The zero-order valence-corrected chi connectivity index (χ0v) is 17.1. The molecule has 0 aliphatic carbocycles. The Hall–Kier alpha value is -3.20. The first kappa shape index (κ1) is 20.5. The molecule has 0 saturated heterocycles. The van der Waals surface area contributed by atoms with Gasteiger partial charge in [-0.15, -0.1) is 5.10 Å². The fourth-order valence-corrected chi connectivity index (χ4v) is 2.87. The van der Waals surface area contributed by atoms with Gasteiger partial charge in [0.2, 0.25) is 11.8 Å². The monoisotopic (exact) mass is 399 g/mol. The number of nitrogens with one attached hydrogen (secondary N) is 1. The number of ether oxygens (including phenoxy) is 3. The van der Waals surface area contributed by atoms with E-state index in [1.54, 1.807) is 31.1 Å². The lowest BCUT2D eigenvalue weighted by molar-refractivity contribution is -0.123. The van der Waals surface area contributed by atoms with E-state index in [2.05, 4.69) is 20.4 Å². The molecule has 0 aromatic carbocycles. The number of nitrogens with zero attached hydrogens (tertiary/aromatic N) is 4. The highest BCUT2D eigenvalue weighted by Crippen LogP contribution is 2.26. The zero-order chi connectivity index (χ0) is 20.8. The number of methoxy groups -OCH3 is 1. The van der Waals surface area contributed by atoms with Crippen LogP contribution in [0, 0.1) is 13.8 Å². The van der Waals surface area contributed by atoms with Gasteiger partial charge in [0, 0.05) is 38.7 Å². The van der Waals surface area contributed by atoms with Gasteiger partial charge in [-0.25, -0.2) is 14.6 Å². The molecule has 29 heavy (non-hydrogen) atoms. The van der Waals surface area contributed by atoms with Crippen molar-refractivity contribution >= 4 is 16.9 Å². The molecule has 0 fully saturated rings. The van der Waals surface area contributed by atoms with Gasteiger partial charge in [0.25, 0.3) is 5.91 Å². The minimum Gasteiger partial charge on any atom is -0.475 e. The summed E-state index contributed by atoms with van der Waals surface area (Å²) in [5.74, 6) is 0.672. The van der Waals surface area contributed by atoms with Crippen LogP contribution in [0.3, 0.4) is 0 Å². The summed E-state index contributed by atoms with van der Waals surface area (Å²) in [5, 5.41) is 7.96. The molecule has 1 amide bonds. The van der Waals surface area contributed by atoms with Gasteiger partial charge in [-0.2, -0.15) is 0 Å². The first-order valence-electron chi connectivity index (χ1n) is 9.25. The lowest BCUT2D eigenvalue weighted by Gasteiger charge is -2.08. The Kier molecular flexibility index (Phi) is 6.61. The Morgan fingerprint density at radius 3 is 2.76 bits per heavy atom. The van der Waals surface area contributed by atoms with Crippen molar-refractivity contribution < 1.29 is 19.0 Å². The van der Waals surface area contributed by atoms with Crippen LogP contribution in [-0.2, 0) is 23.1 Å². The zero-order valence-electron chi connectivity index (χ0n) is 17.1. The second-order valence-electron chi connectivity index (χ2n) is 6.62. The molecule has 0 saturated carbocycles. The molecule has 0 aliphatic rings. The Morgan fingerprint density at radius 2 is 2.03 bits per heavy atom. The molecule has 0 spiro atoms. The van der Waals surface area contributed by atoms with Crippen LogP contribution in [-0.4, -0.2) is 52.6 Å². The maximum absolute atomic E-state index is 12.2. The molecular weight excluding hydrogens is 374 g/mol. The highest BCUT2D eigenvalue weighted by Gasteiger charge is 2.15. The summed E-state index contributed by atoms with van der Waals surface area (Å²) in [5.41, 5.74) is 3.51. The molecule has 0 aliphatic heterocycles. The third-order valence-corrected chi connectivity index (χ3v) is 4.25. The van der Waals surface area contributed by atoms with Crippen molar-refractivity contribution in [3.63, 3.8) is 0 Å². The predicted molar refractivity (Wildman–Crippen MR) is 107 cm³/mol. The summed E-state index contributed by atoms with van der Waals surface area (Å²) in [6.07, 6.45) is 1.66. The van der Waals surface area contributed by atoms with Crippen molar-refractivity contribution in [2.75, 3.05) is 26.9 Å². The topological polar surface area (TPSA) is 100 Å². The van der Waals surface area contributed by atoms with Gasteiger partial charge in [-0.1, -0.05) is 6.07 Å². The van der Waals surface area contributed by atoms with E-state index in [4.69, 9.17) is 14.2 Å². The molecule has 3 aromatic heterocycles. The second kappa shape index (κ2) is 9.33. The second-order valence-corrected chi connectivity index (χ2v) is 6.62. The largest absolute Gasteiger partial charge is 0.475 e. The first-order valence-corrected chi connectivity index (χ1v) is 9.25. The van der Waals surface area contributed by atoms with Crippen molar-refractivity contribution in [2.24, 2.45) is 7.05 Å². The van der Waals surface area contributed by atoms with E-state index in [0.29, 0.717) is 31.5 Å². The van der Waals surface area contributed by atoms with Crippen LogP contribution in [0.4, 0.5) is 0 Å². The van der Waals surface area contributed by atoms with Crippen molar-refractivity contribution in [2.45, 2.75) is 20.4 Å². The molecule has 0 radical (unpaired) electrons. The number of aryl methyl sites for hydroxylation is 3. The summed E-state index contributed by atoms with van der Waals surface area (Å²) < 4.78 is 17.6. The van der Waals surface area contributed by atoms with Gasteiger partial charge < -0.3 is 19.5 Å². The molecule has 154 valence electrons. The van der Waals surface area contributed by atoms with Crippen LogP contribution >= 0.6 is 0 Å². The Labute approximate surface area is 169 Å². The number of rotatable bonds is 9. The summed E-state index contributed by atoms with van der Waals surface area (Å²) in [4.78, 5) is 20.8. The highest BCUT2D eigenvalue weighted by molar-refractivity contribution is 5.85. The van der Waals surface area contributed by atoms with E-state index in [1.165, 1.54) is 0 Å². The van der Waals surface area contributed by atoms with Crippen LogP contribution < -0.4 is 14.8 Å². The molecule has 3 rings (SSSR count). The Bertz CT molecular complexity index is 985. The third kappa shape index (κ3) is 5.20. The Morgan fingerprint density at radius 1 is 1.21 bits per heavy atom. The smallest absolute Gasteiger partial charge is 0.258 e. The van der Waals surface area contributed by atoms with Gasteiger partial charge >= 0.3 is 0 Å². The molecule has 9 heteroatoms.